The highest BCUT2D eigenvalue weighted by molar-refractivity contribution is 7.98. The normalized spacial score (nSPS) is 11.0. The van der Waals surface area contributed by atoms with E-state index in [0.717, 1.165) is 10.5 Å². The van der Waals surface area contributed by atoms with Crippen LogP contribution in [0.25, 0.3) is 11.0 Å². The third-order valence-corrected chi connectivity index (χ3v) is 4.75. The van der Waals surface area contributed by atoms with Crippen LogP contribution in [0.5, 0.6) is 0 Å². The van der Waals surface area contributed by atoms with E-state index >= 15 is 0 Å². The Morgan fingerprint density at radius 1 is 1.09 bits per heavy atom. The number of hydrogen-bond donors (Lipinski definition) is 2. The van der Waals surface area contributed by atoms with Gasteiger partial charge in [-0.2, -0.15) is 9.97 Å². The van der Waals surface area contributed by atoms with Crippen LogP contribution in [0, 0.1) is 0 Å². The number of nitrogen functional groups attached to an aromatic ring is 2. The second-order valence-electron chi connectivity index (χ2n) is 4.55. The number of pyridine rings is 1. The summed E-state index contributed by atoms with van der Waals surface area (Å²) < 4.78 is 0. The molecule has 8 heteroatoms. The third kappa shape index (κ3) is 3.19. The molecule has 112 valence electrons. The summed E-state index contributed by atoms with van der Waals surface area (Å²) in [6, 6.07) is 7.28. The lowest BCUT2D eigenvalue weighted by atomic mass is 10.2. The summed E-state index contributed by atoms with van der Waals surface area (Å²) >= 11 is 13.7. The predicted octanol–water partition coefficient (Wildman–Crippen LogP) is 3.79. The lowest BCUT2D eigenvalue weighted by Crippen LogP contribution is -2.02. The molecule has 2 heterocycles. The maximum atomic E-state index is 6.15. The molecule has 0 atom stereocenters. The van der Waals surface area contributed by atoms with E-state index in [1.54, 1.807) is 30.1 Å². The summed E-state index contributed by atoms with van der Waals surface area (Å²) in [7, 11) is 0. The number of anilines is 2. The Kier molecular flexibility index (Phi) is 4.24. The van der Waals surface area contributed by atoms with Crippen LogP contribution in [0.1, 0.15) is 5.56 Å². The van der Waals surface area contributed by atoms with Gasteiger partial charge in [-0.25, -0.2) is 4.98 Å². The van der Waals surface area contributed by atoms with E-state index in [4.69, 9.17) is 34.7 Å². The fourth-order valence-electron chi connectivity index (χ4n) is 1.92. The molecule has 0 amide bonds. The Bertz CT molecular complexity index is 856. The molecule has 3 rings (SSSR count). The van der Waals surface area contributed by atoms with Crippen molar-refractivity contribution in [2.24, 2.45) is 0 Å². The Balaban J connectivity index is 1.87. The van der Waals surface area contributed by atoms with Crippen LogP contribution in [-0.4, -0.2) is 15.0 Å². The van der Waals surface area contributed by atoms with Gasteiger partial charge in [0, 0.05) is 21.9 Å². The fraction of sp³-hybridized carbons (Fsp3) is 0.0714. The Labute approximate surface area is 141 Å². The first-order valence-corrected chi connectivity index (χ1v) is 8.02. The van der Waals surface area contributed by atoms with Crippen LogP contribution < -0.4 is 11.5 Å². The molecule has 22 heavy (non-hydrogen) atoms. The van der Waals surface area contributed by atoms with Crippen molar-refractivity contribution in [3.05, 3.63) is 46.1 Å². The molecule has 0 aliphatic heterocycles. The molecule has 1 aromatic carbocycles. The molecule has 0 fully saturated rings. The zero-order valence-electron chi connectivity index (χ0n) is 11.3. The summed E-state index contributed by atoms with van der Waals surface area (Å²) in [6.45, 7) is 0. The van der Waals surface area contributed by atoms with Crippen LogP contribution in [-0.2, 0) is 5.75 Å². The van der Waals surface area contributed by atoms with E-state index in [-0.39, 0.29) is 5.95 Å². The summed E-state index contributed by atoms with van der Waals surface area (Å²) in [5, 5.41) is 2.00. The first-order chi connectivity index (χ1) is 10.5. The van der Waals surface area contributed by atoms with E-state index in [9.17, 15) is 0 Å². The zero-order chi connectivity index (χ0) is 15.7. The summed E-state index contributed by atoms with van der Waals surface area (Å²) in [4.78, 5) is 13.2. The van der Waals surface area contributed by atoms with Crippen LogP contribution in [0.2, 0.25) is 10.0 Å². The van der Waals surface area contributed by atoms with Gasteiger partial charge in [0.25, 0.3) is 0 Å². The SMILES string of the molecule is Nc1nc(N)c2cc(CSc3cc(Cl)ccc3Cl)cnc2n1. The van der Waals surface area contributed by atoms with E-state index in [0.29, 0.717) is 32.6 Å². The number of hydrogen-bond acceptors (Lipinski definition) is 6. The highest BCUT2D eigenvalue weighted by atomic mass is 35.5. The smallest absolute Gasteiger partial charge is 0.224 e. The zero-order valence-corrected chi connectivity index (χ0v) is 13.6. The number of rotatable bonds is 3. The van der Waals surface area contributed by atoms with Crippen LogP contribution in [0.15, 0.2) is 35.4 Å². The third-order valence-electron chi connectivity index (χ3n) is 2.94. The number of benzene rings is 1. The Morgan fingerprint density at radius 3 is 2.73 bits per heavy atom. The monoisotopic (exact) mass is 351 g/mol. The molecule has 0 saturated carbocycles. The largest absolute Gasteiger partial charge is 0.383 e. The second-order valence-corrected chi connectivity index (χ2v) is 6.41. The van der Waals surface area contributed by atoms with Gasteiger partial charge in [-0.1, -0.05) is 23.2 Å². The summed E-state index contributed by atoms with van der Waals surface area (Å²) in [5.74, 6) is 1.11. The van der Waals surface area contributed by atoms with Crippen LogP contribution >= 0.6 is 35.0 Å². The van der Waals surface area contributed by atoms with Gasteiger partial charge in [-0.3, -0.25) is 0 Å². The number of thioether (sulfide) groups is 1. The van der Waals surface area contributed by atoms with Crippen molar-refractivity contribution in [2.75, 3.05) is 11.5 Å². The number of aromatic nitrogens is 3. The number of fused-ring (bicyclic) bond motifs is 1. The lowest BCUT2D eigenvalue weighted by Gasteiger charge is -2.07. The van der Waals surface area contributed by atoms with Crippen molar-refractivity contribution in [2.45, 2.75) is 10.6 Å². The summed E-state index contributed by atoms with van der Waals surface area (Å²) in [5.41, 5.74) is 12.9. The lowest BCUT2D eigenvalue weighted by molar-refractivity contribution is 1.19. The van der Waals surface area contributed by atoms with Gasteiger partial charge in [0.1, 0.15) is 5.82 Å². The number of nitrogens with two attached hydrogens (primary N) is 2. The van der Waals surface area contributed by atoms with E-state index < -0.39 is 0 Å². The predicted molar refractivity (Wildman–Crippen MR) is 92.2 cm³/mol. The van der Waals surface area contributed by atoms with Crippen molar-refractivity contribution in [3.63, 3.8) is 0 Å². The molecular formula is C14H11Cl2N5S. The van der Waals surface area contributed by atoms with Crippen molar-refractivity contribution in [1.82, 2.24) is 15.0 Å². The molecule has 0 bridgehead atoms. The Morgan fingerprint density at radius 2 is 1.91 bits per heavy atom. The van der Waals surface area contributed by atoms with Gasteiger partial charge in [0.05, 0.1) is 10.4 Å². The first-order valence-electron chi connectivity index (χ1n) is 6.28. The molecule has 0 spiro atoms. The van der Waals surface area contributed by atoms with Gasteiger partial charge >= 0.3 is 0 Å². The molecule has 0 unspecified atom stereocenters. The van der Waals surface area contributed by atoms with Gasteiger partial charge in [-0.15, -0.1) is 11.8 Å². The maximum absolute atomic E-state index is 6.15. The highest BCUT2D eigenvalue weighted by Crippen LogP contribution is 2.32. The van der Waals surface area contributed by atoms with Gasteiger partial charge < -0.3 is 11.5 Å². The highest BCUT2D eigenvalue weighted by Gasteiger charge is 2.07. The second kappa shape index (κ2) is 6.16. The Hall–Kier alpha value is -1.76. The molecular weight excluding hydrogens is 341 g/mol. The molecule has 0 aliphatic rings. The van der Waals surface area contributed by atoms with Crippen molar-refractivity contribution >= 4 is 57.8 Å². The minimum atomic E-state index is 0.116. The standard InChI is InChI=1S/C14H11Cl2N5S/c15-8-1-2-10(16)11(4-8)22-6-7-3-9-12(17)20-14(18)21-13(9)19-5-7/h1-5H,6H2,(H4,17,18,19,20,21). The van der Waals surface area contributed by atoms with Crippen molar-refractivity contribution in [1.29, 1.82) is 0 Å². The maximum Gasteiger partial charge on any atom is 0.224 e. The van der Waals surface area contributed by atoms with Crippen molar-refractivity contribution in [3.8, 4) is 0 Å². The minimum Gasteiger partial charge on any atom is -0.383 e. The van der Waals surface area contributed by atoms with E-state index in [2.05, 4.69) is 15.0 Å². The molecule has 5 nitrogen and oxygen atoms in total. The average molecular weight is 352 g/mol. The van der Waals surface area contributed by atoms with Gasteiger partial charge in [0.2, 0.25) is 5.95 Å². The number of nitrogens with zero attached hydrogens (tertiary/aromatic N) is 3. The van der Waals surface area contributed by atoms with Gasteiger partial charge in [0.15, 0.2) is 5.65 Å². The first kappa shape index (κ1) is 15.1. The number of halogens is 2. The summed E-state index contributed by atoms with van der Waals surface area (Å²) in [6.07, 6.45) is 1.74. The topological polar surface area (TPSA) is 90.7 Å². The van der Waals surface area contributed by atoms with E-state index in [1.165, 1.54) is 0 Å². The van der Waals surface area contributed by atoms with Gasteiger partial charge in [-0.05, 0) is 29.8 Å². The van der Waals surface area contributed by atoms with Crippen LogP contribution in [0.3, 0.4) is 0 Å². The quantitative estimate of drug-likeness (QED) is 0.697. The van der Waals surface area contributed by atoms with Crippen molar-refractivity contribution < 1.29 is 0 Å². The average Bonchev–Trinajstić information content (AvgIpc) is 2.48. The van der Waals surface area contributed by atoms with Crippen LogP contribution in [0.4, 0.5) is 11.8 Å². The molecule has 3 aromatic rings. The molecule has 0 aliphatic carbocycles. The fourth-order valence-corrected chi connectivity index (χ4v) is 3.34. The minimum absolute atomic E-state index is 0.116. The van der Waals surface area contributed by atoms with E-state index in [1.807, 2.05) is 12.1 Å². The molecule has 4 N–H and O–H groups in total. The molecule has 2 aromatic heterocycles. The molecule has 0 saturated heterocycles. The molecule has 0 radical (unpaired) electrons.